The average molecular weight is 535 g/mol. The standard InChI is InChI=1S/C26H31FN2O7S/c1-5-35-24(30)22-20(28-29-37(33,34)19-13-7-16(3)8-14-19)15-26(4,32)23(25(31)36-6-2)21(22)17-9-11-18(27)12-10-17/h7-14,21-23,29,32H,5-6,15H2,1-4H3/b28-20-/t21-,22-,23-,26+/m1/s1. The first-order valence-electron chi connectivity index (χ1n) is 11.9. The summed E-state index contributed by atoms with van der Waals surface area (Å²) in [5.74, 6) is -5.65. The molecule has 1 saturated carbocycles. The van der Waals surface area contributed by atoms with Gasteiger partial charge in [0.2, 0.25) is 0 Å². The Kier molecular flexibility index (Phi) is 8.70. The zero-order valence-electron chi connectivity index (χ0n) is 21.1. The predicted octanol–water partition coefficient (Wildman–Crippen LogP) is 3.07. The lowest BCUT2D eigenvalue weighted by atomic mass is 9.61. The minimum atomic E-state index is -4.11. The molecule has 200 valence electrons. The maximum atomic E-state index is 13.7. The van der Waals surface area contributed by atoms with Gasteiger partial charge in [-0.2, -0.15) is 13.5 Å². The fourth-order valence-electron chi connectivity index (χ4n) is 4.59. The summed E-state index contributed by atoms with van der Waals surface area (Å²) in [4.78, 5) is 28.4. The van der Waals surface area contributed by atoms with Gasteiger partial charge in [-0.25, -0.2) is 9.22 Å². The van der Waals surface area contributed by atoms with E-state index in [1.54, 1.807) is 26.0 Å². The zero-order chi connectivity index (χ0) is 27.4. The van der Waals surface area contributed by atoms with Crippen molar-refractivity contribution < 1.29 is 37.0 Å². The Morgan fingerprint density at radius 3 is 2.19 bits per heavy atom. The van der Waals surface area contributed by atoms with Gasteiger partial charge in [0, 0.05) is 12.3 Å². The molecule has 0 amide bonds. The number of ether oxygens (including phenoxy) is 2. The number of carbonyl (C=O) groups excluding carboxylic acids is 2. The van der Waals surface area contributed by atoms with Crippen molar-refractivity contribution >= 4 is 27.7 Å². The quantitative estimate of drug-likeness (QED) is 0.393. The van der Waals surface area contributed by atoms with Gasteiger partial charge in [0.1, 0.15) is 11.7 Å². The first kappa shape index (κ1) is 28.3. The molecule has 11 heteroatoms. The molecule has 0 bridgehead atoms. The molecule has 0 unspecified atom stereocenters. The van der Waals surface area contributed by atoms with Crippen LogP contribution in [0.5, 0.6) is 0 Å². The minimum absolute atomic E-state index is 0.00824. The van der Waals surface area contributed by atoms with Crippen LogP contribution in [0.2, 0.25) is 0 Å². The van der Waals surface area contributed by atoms with Gasteiger partial charge < -0.3 is 14.6 Å². The van der Waals surface area contributed by atoms with Crippen molar-refractivity contribution in [3.05, 3.63) is 65.5 Å². The number of carbonyl (C=O) groups is 2. The maximum absolute atomic E-state index is 13.7. The van der Waals surface area contributed by atoms with Crippen LogP contribution in [0.15, 0.2) is 58.5 Å². The highest BCUT2D eigenvalue weighted by Gasteiger charge is 2.56. The SMILES string of the molecule is CCOC(=O)[C@@H]1/C(=N\NS(=O)(=O)c2ccc(C)cc2)C[C@](C)(O)[C@@H](C(=O)OCC)[C@@H]1c1ccc(F)cc1. The van der Waals surface area contributed by atoms with Crippen LogP contribution in [-0.4, -0.2) is 50.0 Å². The molecule has 2 aromatic rings. The second-order valence-corrected chi connectivity index (χ2v) is 10.7. The summed E-state index contributed by atoms with van der Waals surface area (Å²) in [6, 6.07) is 11.2. The van der Waals surface area contributed by atoms with Gasteiger partial charge in [-0.15, -0.1) is 0 Å². The number of benzene rings is 2. The van der Waals surface area contributed by atoms with E-state index in [-0.39, 0.29) is 30.2 Å². The van der Waals surface area contributed by atoms with Crippen molar-refractivity contribution in [2.75, 3.05) is 13.2 Å². The number of nitrogens with one attached hydrogen (secondary N) is 1. The molecule has 4 atom stereocenters. The van der Waals surface area contributed by atoms with Gasteiger partial charge in [0.15, 0.2) is 0 Å². The van der Waals surface area contributed by atoms with E-state index < -0.39 is 51.1 Å². The van der Waals surface area contributed by atoms with Crippen LogP contribution in [0.25, 0.3) is 0 Å². The van der Waals surface area contributed by atoms with Crippen molar-refractivity contribution in [1.29, 1.82) is 0 Å². The van der Waals surface area contributed by atoms with Crippen molar-refractivity contribution in [1.82, 2.24) is 4.83 Å². The first-order chi connectivity index (χ1) is 17.4. The second kappa shape index (κ2) is 11.4. The minimum Gasteiger partial charge on any atom is -0.466 e. The van der Waals surface area contributed by atoms with E-state index in [9.17, 15) is 27.5 Å². The Morgan fingerprint density at radius 1 is 1.05 bits per heavy atom. The number of hydrazone groups is 1. The lowest BCUT2D eigenvalue weighted by Gasteiger charge is -2.45. The van der Waals surface area contributed by atoms with E-state index in [1.807, 2.05) is 6.92 Å². The molecule has 0 radical (unpaired) electrons. The van der Waals surface area contributed by atoms with Gasteiger partial charge in [-0.05, 0) is 57.5 Å². The van der Waals surface area contributed by atoms with Crippen LogP contribution in [0.3, 0.4) is 0 Å². The number of halogens is 1. The third-order valence-electron chi connectivity index (χ3n) is 6.26. The summed E-state index contributed by atoms with van der Waals surface area (Å²) in [5.41, 5.74) is -0.605. The van der Waals surface area contributed by atoms with Gasteiger partial charge in [-0.3, -0.25) is 9.59 Å². The number of hydrogen-bond donors (Lipinski definition) is 2. The van der Waals surface area contributed by atoms with Crippen molar-refractivity contribution in [3.8, 4) is 0 Å². The molecule has 1 aliphatic carbocycles. The number of aliphatic hydroxyl groups is 1. The molecule has 2 N–H and O–H groups in total. The number of rotatable bonds is 8. The second-order valence-electron chi connectivity index (χ2n) is 9.08. The molecular formula is C26H31FN2O7S. The van der Waals surface area contributed by atoms with E-state index in [2.05, 4.69) is 9.93 Å². The largest absolute Gasteiger partial charge is 0.466 e. The molecule has 3 rings (SSSR count). The van der Waals surface area contributed by atoms with E-state index >= 15 is 0 Å². The number of esters is 2. The molecule has 37 heavy (non-hydrogen) atoms. The summed E-state index contributed by atoms with van der Waals surface area (Å²) in [6.45, 7) is 6.45. The Labute approximate surface area is 215 Å². The molecule has 9 nitrogen and oxygen atoms in total. The van der Waals surface area contributed by atoms with Crippen LogP contribution < -0.4 is 4.83 Å². The number of nitrogens with zero attached hydrogens (tertiary/aromatic N) is 1. The molecule has 0 spiro atoms. The normalized spacial score (nSPS) is 24.9. The highest BCUT2D eigenvalue weighted by atomic mass is 32.2. The fraction of sp³-hybridized carbons (Fsp3) is 0.423. The van der Waals surface area contributed by atoms with E-state index in [0.29, 0.717) is 5.56 Å². The van der Waals surface area contributed by atoms with Gasteiger partial charge in [0.05, 0.1) is 35.3 Å². The highest BCUT2D eigenvalue weighted by molar-refractivity contribution is 7.89. The number of hydrogen-bond acceptors (Lipinski definition) is 8. The average Bonchev–Trinajstić information content (AvgIpc) is 2.83. The topological polar surface area (TPSA) is 131 Å². The molecule has 0 saturated heterocycles. The van der Waals surface area contributed by atoms with Crippen LogP contribution in [0, 0.1) is 24.6 Å². The molecule has 1 aliphatic rings. The molecule has 0 heterocycles. The summed E-state index contributed by atoms with van der Waals surface area (Å²) >= 11 is 0. The lowest BCUT2D eigenvalue weighted by Crippen LogP contribution is -2.55. The predicted molar refractivity (Wildman–Crippen MR) is 134 cm³/mol. The summed E-state index contributed by atoms with van der Waals surface area (Å²) < 4.78 is 50.0. The Balaban J connectivity index is 2.15. The van der Waals surface area contributed by atoms with Gasteiger partial charge in [0.25, 0.3) is 10.0 Å². The van der Waals surface area contributed by atoms with Crippen molar-refractivity contribution in [2.45, 2.75) is 50.5 Å². The van der Waals surface area contributed by atoms with E-state index in [4.69, 9.17) is 9.47 Å². The zero-order valence-corrected chi connectivity index (χ0v) is 21.9. The number of sulfonamides is 1. The fourth-order valence-corrected chi connectivity index (χ4v) is 5.43. The van der Waals surface area contributed by atoms with Gasteiger partial charge in [-0.1, -0.05) is 29.8 Å². The molecule has 2 aromatic carbocycles. The van der Waals surface area contributed by atoms with Crippen LogP contribution in [0.1, 0.15) is 44.2 Å². The Hall–Kier alpha value is -3.31. The lowest BCUT2D eigenvalue weighted by molar-refractivity contribution is -0.163. The van der Waals surface area contributed by atoms with Crippen molar-refractivity contribution in [2.24, 2.45) is 16.9 Å². The number of aryl methyl sites for hydroxylation is 1. The van der Waals surface area contributed by atoms with E-state index in [1.165, 1.54) is 43.3 Å². The molecule has 0 aromatic heterocycles. The molecular weight excluding hydrogens is 503 g/mol. The van der Waals surface area contributed by atoms with Crippen LogP contribution >= 0.6 is 0 Å². The third-order valence-corrected chi connectivity index (χ3v) is 7.49. The van der Waals surface area contributed by atoms with Crippen LogP contribution in [-0.2, 0) is 29.1 Å². The van der Waals surface area contributed by atoms with Gasteiger partial charge >= 0.3 is 11.9 Å². The Morgan fingerprint density at radius 2 is 1.62 bits per heavy atom. The monoisotopic (exact) mass is 534 g/mol. The summed E-state index contributed by atoms with van der Waals surface area (Å²) in [7, 11) is -4.11. The summed E-state index contributed by atoms with van der Waals surface area (Å²) in [5, 5.41) is 15.5. The smallest absolute Gasteiger partial charge is 0.315 e. The van der Waals surface area contributed by atoms with Crippen molar-refractivity contribution in [3.63, 3.8) is 0 Å². The first-order valence-corrected chi connectivity index (χ1v) is 13.4. The Bertz CT molecular complexity index is 1260. The van der Waals surface area contributed by atoms with Crippen LogP contribution in [0.4, 0.5) is 4.39 Å². The summed E-state index contributed by atoms with van der Waals surface area (Å²) in [6.07, 6.45) is -0.325. The molecule has 0 aliphatic heterocycles. The maximum Gasteiger partial charge on any atom is 0.315 e. The van der Waals surface area contributed by atoms with E-state index in [0.717, 1.165) is 5.56 Å². The third kappa shape index (κ3) is 6.34. The molecule has 1 fully saturated rings. The highest BCUT2D eigenvalue weighted by Crippen LogP contribution is 2.47.